The van der Waals surface area contributed by atoms with E-state index in [4.69, 9.17) is 0 Å². The summed E-state index contributed by atoms with van der Waals surface area (Å²) in [6.07, 6.45) is 2.38. The Morgan fingerprint density at radius 3 is 2.52 bits per heavy atom. The van der Waals surface area contributed by atoms with Gasteiger partial charge in [0, 0.05) is 12.6 Å². The molecule has 6 heteroatoms. The maximum Gasteiger partial charge on any atom is 0.215 e. The third-order valence-electron chi connectivity index (χ3n) is 4.21. The highest BCUT2D eigenvalue weighted by Crippen LogP contribution is 2.26. The standard InChI is InChI=1S/C17H22N2O2S2/c20-23(21,14-15-6-2-1-3-7-15)18-12-17(16-8-11-22-13-16)19-9-4-5-10-19/h1-3,6-8,11,13,17-18H,4-5,9-10,12,14H2. The van der Waals surface area contributed by atoms with Crippen molar-refractivity contribution in [3.05, 3.63) is 58.3 Å². The van der Waals surface area contributed by atoms with Crippen molar-refractivity contribution >= 4 is 21.4 Å². The van der Waals surface area contributed by atoms with Crippen LogP contribution in [0, 0.1) is 0 Å². The summed E-state index contributed by atoms with van der Waals surface area (Å²) in [5, 5.41) is 4.17. The molecule has 1 fully saturated rings. The molecule has 0 radical (unpaired) electrons. The number of likely N-dealkylation sites (tertiary alicyclic amines) is 1. The molecule has 1 aliphatic heterocycles. The van der Waals surface area contributed by atoms with Crippen LogP contribution < -0.4 is 4.72 Å². The Morgan fingerprint density at radius 2 is 1.87 bits per heavy atom. The molecule has 1 aliphatic rings. The van der Waals surface area contributed by atoms with Crippen molar-refractivity contribution in [1.29, 1.82) is 0 Å². The Labute approximate surface area is 142 Å². The highest BCUT2D eigenvalue weighted by Gasteiger charge is 2.25. The molecule has 0 bridgehead atoms. The highest BCUT2D eigenvalue weighted by atomic mass is 32.2. The van der Waals surface area contributed by atoms with Crippen molar-refractivity contribution in [1.82, 2.24) is 9.62 Å². The van der Waals surface area contributed by atoms with E-state index in [1.165, 1.54) is 18.4 Å². The van der Waals surface area contributed by atoms with Gasteiger partial charge in [-0.25, -0.2) is 13.1 Å². The third kappa shape index (κ3) is 4.64. The van der Waals surface area contributed by atoms with E-state index in [0.29, 0.717) is 6.54 Å². The molecule has 1 aromatic heterocycles. The minimum absolute atomic E-state index is 0.0319. The lowest BCUT2D eigenvalue weighted by molar-refractivity contribution is 0.247. The van der Waals surface area contributed by atoms with Gasteiger partial charge in [-0.2, -0.15) is 11.3 Å². The number of thiophene rings is 1. The second-order valence-electron chi connectivity index (χ2n) is 5.91. The summed E-state index contributed by atoms with van der Waals surface area (Å²) in [6.45, 7) is 2.52. The predicted octanol–water partition coefficient (Wildman–Crippen LogP) is 3.00. The first kappa shape index (κ1) is 16.6. The normalized spacial score (nSPS) is 17.4. The molecule has 1 unspecified atom stereocenters. The average molecular weight is 351 g/mol. The van der Waals surface area contributed by atoms with E-state index in [0.717, 1.165) is 18.7 Å². The second-order valence-corrected chi connectivity index (χ2v) is 8.50. The number of rotatable bonds is 7. The van der Waals surface area contributed by atoms with Gasteiger partial charge in [-0.05, 0) is 53.9 Å². The molecule has 0 saturated carbocycles. The molecular weight excluding hydrogens is 328 g/mol. The molecule has 1 N–H and O–H groups in total. The lowest BCUT2D eigenvalue weighted by Crippen LogP contribution is -2.37. The van der Waals surface area contributed by atoms with Gasteiger partial charge in [-0.1, -0.05) is 30.3 Å². The Hall–Kier alpha value is -1.21. The third-order valence-corrected chi connectivity index (χ3v) is 6.23. The van der Waals surface area contributed by atoms with E-state index in [9.17, 15) is 8.42 Å². The number of sulfonamides is 1. The van der Waals surface area contributed by atoms with Crippen LogP contribution in [0.25, 0.3) is 0 Å². The first-order chi connectivity index (χ1) is 11.1. The van der Waals surface area contributed by atoms with Crippen LogP contribution in [0.5, 0.6) is 0 Å². The monoisotopic (exact) mass is 350 g/mol. The zero-order valence-corrected chi connectivity index (χ0v) is 14.7. The van der Waals surface area contributed by atoms with Crippen LogP contribution in [-0.2, 0) is 15.8 Å². The predicted molar refractivity (Wildman–Crippen MR) is 94.9 cm³/mol. The molecule has 0 amide bonds. The zero-order valence-electron chi connectivity index (χ0n) is 13.0. The number of nitrogens with one attached hydrogen (secondary N) is 1. The van der Waals surface area contributed by atoms with Crippen LogP contribution in [0.2, 0.25) is 0 Å². The summed E-state index contributed by atoms with van der Waals surface area (Å²) in [5.41, 5.74) is 2.02. The number of hydrogen-bond acceptors (Lipinski definition) is 4. The molecule has 23 heavy (non-hydrogen) atoms. The number of hydrogen-bond donors (Lipinski definition) is 1. The van der Waals surface area contributed by atoms with Crippen molar-refractivity contribution in [2.75, 3.05) is 19.6 Å². The Balaban J connectivity index is 1.66. The van der Waals surface area contributed by atoms with Crippen molar-refractivity contribution in [2.24, 2.45) is 0 Å². The molecule has 0 aliphatic carbocycles. The van der Waals surface area contributed by atoms with Gasteiger partial charge in [0.15, 0.2) is 0 Å². The fourth-order valence-electron chi connectivity index (χ4n) is 3.03. The fraction of sp³-hybridized carbons (Fsp3) is 0.412. The van der Waals surface area contributed by atoms with Crippen LogP contribution in [0.1, 0.15) is 30.0 Å². The molecule has 2 aromatic rings. The zero-order chi connectivity index (χ0) is 16.1. The van der Waals surface area contributed by atoms with Crippen molar-refractivity contribution in [3.63, 3.8) is 0 Å². The summed E-state index contributed by atoms with van der Waals surface area (Å²) in [7, 11) is -3.32. The van der Waals surface area contributed by atoms with E-state index < -0.39 is 10.0 Å². The molecule has 3 rings (SSSR count). The van der Waals surface area contributed by atoms with Crippen molar-refractivity contribution in [2.45, 2.75) is 24.6 Å². The summed E-state index contributed by atoms with van der Waals surface area (Å²) in [5.74, 6) is 0.0319. The summed E-state index contributed by atoms with van der Waals surface area (Å²) in [6, 6.07) is 11.5. The quantitative estimate of drug-likeness (QED) is 0.835. The fourth-order valence-corrected chi connectivity index (χ4v) is 4.88. The van der Waals surface area contributed by atoms with Crippen LogP contribution in [-0.4, -0.2) is 33.0 Å². The van der Waals surface area contributed by atoms with Gasteiger partial charge in [-0.15, -0.1) is 0 Å². The van der Waals surface area contributed by atoms with E-state index in [1.807, 2.05) is 30.3 Å². The van der Waals surface area contributed by atoms with Gasteiger partial charge in [0.1, 0.15) is 0 Å². The maximum atomic E-state index is 12.4. The molecular formula is C17H22N2O2S2. The molecule has 1 aromatic carbocycles. The van der Waals surface area contributed by atoms with Gasteiger partial charge < -0.3 is 0 Å². The van der Waals surface area contributed by atoms with E-state index in [1.54, 1.807) is 11.3 Å². The number of nitrogens with zero attached hydrogens (tertiary/aromatic N) is 1. The van der Waals surface area contributed by atoms with Gasteiger partial charge in [0.05, 0.1) is 5.75 Å². The molecule has 1 saturated heterocycles. The SMILES string of the molecule is O=S(=O)(Cc1ccccc1)NCC(c1ccsc1)N1CCCC1. The lowest BCUT2D eigenvalue weighted by Gasteiger charge is -2.27. The Kier molecular flexibility index (Phi) is 5.48. The minimum Gasteiger partial charge on any atom is -0.295 e. The molecule has 1 atom stereocenters. The van der Waals surface area contributed by atoms with Crippen LogP contribution in [0.3, 0.4) is 0 Å². The van der Waals surface area contributed by atoms with Gasteiger partial charge in [-0.3, -0.25) is 4.90 Å². The average Bonchev–Trinajstić information content (AvgIpc) is 3.21. The topological polar surface area (TPSA) is 49.4 Å². The Morgan fingerprint density at radius 1 is 1.13 bits per heavy atom. The van der Waals surface area contributed by atoms with E-state index >= 15 is 0 Å². The molecule has 124 valence electrons. The van der Waals surface area contributed by atoms with Gasteiger partial charge >= 0.3 is 0 Å². The highest BCUT2D eigenvalue weighted by molar-refractivity contribution is 7.88. The van der Waals surface area contributed by atoms with Crippen LogP contribution in [0.4, 0.5) is 0 Å². The summed E-state index contributed by atoms with van der Waals surface area (Å²) in [4.78, 5) is 2.38. The van der Waals surface area contributed by atoms with E-state index in [-0.39, 0.29) is 11.8 Å². The molecule has 4 nitrogen and oxygen atoms in total. The largest absolute Gasteiger partial charge is 0.295 e. The van der Waals surface area contributed by atoms with Crippen molar-refractivity contribution in [3.8, 4) is 0 Å². The minimum atomic E-state index is -3.32. The molecule has 0 spiro atoms. The number of benzene rings is 1. The van der Waals surface area contributed by atoms with Gasteiger partial charge in [0.25, 0.3) is 0 Å². The second kappa shape index (κ2) is 7.57. The first-order valence-corrected chi connectivity index (χ1v) is 10.5. The molecule has 2 heterocycles. The van der Waals surface area contributed by atoms with Crippen molar-refractivity contribution < 1.29 is 8.42 Å². The Bertz CT molecular complexity index is 693. The maximum absolute atomic E-state index is 12.4. The first-order valence-electron chi connectivity index (χ1n) is 7.91. The smallest absolute Gasteiger partial charge is 0.215 e. The summed E-state index contributed by atoms with van der Waals surface area (Å²) < 4.78 is 27.5. The lowest BCUT2D eigenvalue weighted by atomic mass is 10.1. The van der Waals surface area contributed by atoms with Crippen LogP contribution >= 0.6 is 11.3 Å². The van der Waals surface area contributed by atoms with E-state index in [2.05, 4.69) is 26.4 Å². The summed E-state index contributed by atoms with van der Waals surface area (Å²) >= 11 is 1.66. The van der Waals surface area contributed by atoms with Gasteiger partial charge in [0.2, 0.25) is 10.0 Å². The van der Waals surface area contributed by atoms with Crippen LogP contribution in [0.15, 0.2) is 47.2 Å².